The molecule has 0 aromatic rings. The highest BCUT2D eigenvalue weighted by molar-refractivity contribution is 5.99. The predicted octanol–water partition coefficient (Wildman–Crippen LogP) is 4.10. The molecule has 4 rings (SSSR count). The topological polar surface area (TPSA) is 46.2 Å². The van der Waals surface area contributed by atoms with Crippen LogP contribution in [0.25, 0.3) is 0 Å². The molecule has 5 atom stereocenters. The van der Waals surface area contributed by atoms with Gasteiger partial charge in [-0.15, -0.1) is 0 Å². The van der Waals surface area contributed by atoms with Crippen LogP contribution in [0.15, 0.2) is 0 Å². The molecule has 4 aliphatic rings. The lowest BCUT2D eigenvalue weighted by Crippen LogP contribution is -2.54. The van der Waals surface area contributed by atoms with E-state index < -0.39 is 5.41 Å². The van der Waals surface area contributed by atoms with Gasteiger partial charge in [-0.2, -0.15) is 0 Å². The van der Waals surface area contributed by atoms with Crippen LogP contribution in [0.4, 0.5) is 0 Å². The van der Waals surface area contributed by atoms with Crippen LogP contribution in [-0.2, 0) is 9.59 Å². The first kappa shape index (κ1) is 16.6. The molecule has 0 spiro atoms. The molecule has 1 N–H and O–H groups in total. The van der Waals surface area contributed by atoms with E-state index in [1.807, 2.05) is 0 Å². The Morgan fingerprint density at radius 1 is 1.04 bits per heavy atom. The fourth-order valence-electron chi connectivity index (χ4n) is 7.08. The van der Waals surface area contributed by atoms with Crippen LogP contribution in [0.2, 0.25) is 0 Å². The first-order valence-electron chi connectivity index (χ1n) is 9.77. The lowest BCUT2D eigenvalue weighted by atomic mass is 9.64. The van der Waals surface area contributed by atoms with Crippen LogP contribution >= 0.6 is 0 Å². The highest BCUT2D eigenvalue weighted by Gasteiger charge is 2.73. The Balaban J connectivity index is 1.62. The van der Waals surface area contributed by atoms with Gasteiger partial charge in [0.05, 0.1) is 5.41 Å². The maximum Gasteiger partial charge on any atom is 0.227 e. The van der Waals surface area contributed by atoms with Gasteiger partial charge in [0.25, 0.3) is 0 Å². The van der Waals surface area contributed by atoms with E-state index in [-0.39, 0.29) is 28.2 Å². The highest BCUT2D eigenvalue weighted by atomic mass is 16.2. The molecule has 4 saturated carbocycles. The molecular formula is C21H33NO2. The number of fused-ring (bicyclic) bond motifs is 4. The van der Waals surface area contributed by atoms with Gasteiger partial charge in [0.15, 0.2) is 0 Å². The number of carbonyl (C=O) groups is 2. The van der Waals surface area contributed by atoms with Gasteiger partial charge < -0.3 is 5.32 Å². The van der Waals surface area contributed by atoms with Crippen molar-refractivity contribution in [1.82, 2.24) is 5.32 Å². The average molecular weight is 332 g/mol. The van der Waals surface area contributed by atoms with Gasteiger partial charge in [0, 0.05) is 17.9 Å². The van der Waals surface area contributed by atoms with Crippen LogP contribution in [0.1, 0.15) is 80.1 Å². The molecule has 3 nitrogen and oxygen atoms in total. The number of hydrogen-bond acceptors (Lipinski definition) is 2. The third kappa shape index (κ3) is 1.48. The van der Waals surface area contributed by atoms with E-state index in [1.165, 1.54) is 12.8 Å². The van der Waals surface area contributed by atoms with Crippen molar-refractivity contribution in [3.8, 4) is 0 Å². The van der Waals surface area contributed by atoms with Crippen LogP contribution in [-0.4, -0.2) is 17.7 Å². The van der Waals surface area contributed by atoms with Gasteiger partial charge in [-0.1, -0.05) is 41.5 Å². The van der Waals surface area contributed by atoms with Gasteiger partial charge in [-0.3, -0.25) is 9.59 Å². The summed E-state index contributed by atoms with van der Waals surface area (Å²) in [6.45, 7) is 13.5. The lowest BCUT2D eigenvalue weighted by Gasteiger charge is -2.43. The Labute approximate surface area is 146 Å². The third-order valence-corrected chi connectivity index (χ3v) is 10.2. The lowest BCUT2D eigenvalue weighted by molar-refractivity contribution is -0.138. The van der Waals surface area contributed by atoms with Gasteiger partial charge in [0.1, 0.15) is 5.78 Å². The van der Waals surface area contributed by atoms with Gasteiger partial charge in [-0.05, 0) is 54.3 Å². The molecule has 1 amide bonds. The summed E-state index contributed by atoms with van der Waals surface area (Å²) < 4.78 is 0. The van der Waals surface area contributed by atoms with Crippen molar-refractivity contribution in [2.75, 3.05) is 0 Å². The fraction of sp³-hybridized carbons (Fsp3) is 0.905. The number of amides is 1. The Morgan fingerprint density at radius 2 is 1.71 bits per heavy atom. The van der Waals surface area contributed by atoms with Crippen LogP contribution in [0.3, 0.4) is 0 Å². The van der Waals surface area contributed by atoms with Crippen LogP contribution in [0, 0.1) is 33.0 Å². The molecule has 4 fully saturated rings. The molecule has 0 radical (unpaired) electrons. The smallest absolute Gasteiger partial charge is 0.227 e. The minimum Gasteiger partial charge on any atom is -0.352 e. The number of rotatable bonds is 2. The summed E-state index contributed by atoms with van der Waals surface area (Å²) in [5.74, 6) is 1.18. The van der Waals surface area contributed by atoms with Crippen molar-refractivity contribution in [1.29, 1.82) is 0 Å². The molecule has 4 bridgehead atoms. The SMILES string of the molecule is CC1(C)[C@]2(C(=O)N[C@@H]3C[C@@H]4CC[C@@]3(C)C4(C)C)CC[C@@]1(C)C(=O)C2. The summed E-state index contributed by atoms with van der Waals surface area (Å²) in [5, 5.41) is 3.47. The highest BCUT2D eigenvalue weighted by Crippen LogP contribution is 2.71. The molecule has 0 aromatic heterocycles. The van der Waals surface area contributed by atoms with Gasteiger partial charge in [-0.25, -0.2) is 0 Å². The van der Waals surface area contributed by atoms with E-state index in [2.05, 4.69) is 46.9 Å². The molecule has 24 heavy (non-hydrogen) atoms. The molecule has 0 saturated heterocycles. The molecule has 0 aliphatic heterocycles. The molecular weight excluding hydrogens is 298 g/mol. The standard InChI is InChI=1S/C21H33NO2/c1-17(2)13-7-8-19(17,5)14(11-13)22-16(24)21-10-9-20(6,15(23)12-21)18(21,3)4/h13-14H,7-12H2,1-6H3,(H,22,24)/t13-,14+,19+,20-,21+/m0/s1. The molecule has 0 unspecified atom stereocenters. The molecule has 0 heterocycles. The quantitative estimate of drug-likeness (QED) is 0.828. The normalized spacial score (nSPS) is 50.5. The first-order valence-corrected chi connectivity index (χ1v) is 9.77. The average Bonchev–Trinajstić information content (AvgIpc) is 2.97. The predicted molar refractivity (Wildman–Crippen MR) is 94.3 cm³/mol. The molecule has 3 heteroatoms. The van der Waals surface area contributed by atoms with Crippen molar-refractivity contribution >= 4 is 11.7 Å². The number of Topliss-reactive ketones (excluding diaryl/α,β-unsaturated/α-hetero) is 1. The summed E-state index contributed by atoms with van der Waals surface area (Å²) >= 11 is 0. The maximum absolute atomic E-state index is 13.5. The van der Waals surface area contributed by atoms with E-state index in [4.69, 9.17) is 0 Å². The van der Waals surface area contributed by atoms with E-state index in [0.29, 0.717) is 17.6 Å². The number of carbonyl (C=O) groups excluding carboxylic acids is 2. The second kappa shape index (κ2) is 4.27. The van der Waals surface area contributed by atoms with Crippen molar-refractivity contribution < 1.29 is 9.59 Å². The molecule has 134 valence electrons. The van der Waals surface area contributed by atoms with Crippen molar-refractivity contribution in [3.05, 3.63) is 0 Å². The van der Waals surface area contributed by atoms with Crippen molar-refractivity contribution in [2.24, 2.45) is 33.0 Å². The summed E-state index contributed by atoms with van der Waals surface area (Å²) in [7, 11) is 0. The zero-order valence-electron chi connectivity index (χ0n) is 16.2. The van der Waals surface area contributed by atoms with E-state index >= 15 is 0 Å². The Bertz CT molecular complexity index is 636. The van der Waals surface area contributed by atoms with E-state index in [9.17, 15) is 9.59 Å². The summed E-state index contributed by atoms with van der Waals surface area (Å²) in [4.78, 5) is 26.1. The second-order valence-electron chi connectivity index (χ2n) is 10.8. The van der Waals surface area contributed by atoms with Crippen molar-refractivity contribution in [3.63, 3.8) is 0 Å². The zero-order valence-corrected chi connectivity index (χ0v) is 16.2. The third-order valence-electron chi connectivity index (χ3n) is 10.2. The summed E-state index contributed by atoms with van der Waals surface area (Å²) in [6, 6.07) is 0.270. The van der Waals surface area contributed by atoms with Crippen LogP contribution < -0.4 is 5.32 Å². The monoisotopic (exact) mass is 331 g/mol. The maximum atomic E-state index is 13.5. The Morgan fingerprint density at radius 3 is 2.12 bits per heavy atom. The molecule has 0 aromatic carbocycles. The van der Waals surface area contributed by atoms with E-state index in [0.717, 1.165) is 25.2 Å². The summed E-state index contributed by atoms with van der Waals surface area (Å²) in [6.07, 6.45) is 5.79. The Hall–Kier alpha value is -0.860. The number of ketones is 1. The Kier molecular flexibility index (Phi) is 2.95. The van der Waals surface area contributed by atoms with Crippen molar-refractivity contribution in [2.45, 2.75) is 86.1 Å². The number of hydrogen-bond donors (Lipinski definition) is 1. The largest absolute Gasteiger partial charge is 0.352 e. The molecule has 4 aliphatic carbocycles. The minimum absolute atomic E-state index is 0.164. The fourth-order valence-corrected chi connectivity index (χ4v) is 7.08. The zero-order chi connectivity index (χ0) is 17.8. The first-order chi connectivity index (χ1) is 10.9. The van der Waals surface area contributed by atoms with E-state index in [1.54, 1.807) is 0 Å². The van der Waals surface area contributed by atoms with Gasteiger partial charge in [0.2, 0.25) is 5.91 Å². The number of nitrogens with one attached hydrogen (secondary N) is 1. The van der Waals surface area contributed by atoms with Gasteiger partial charge >= 0.3 is 0 Å². The summed E-state index contributed by atoms with van der Waals surface area (Å²) in [5.41, 5.74) is -0.551. The second-order valence-corrected chi connectivity index (χ2v) is 10.8. The van der Waals surface area contributed by atoms with Crippen LogP contribution in [0.5, 0.6) is 0 Å². The minimum atomic E-state index is -0.485.